The van der Waals surface area contributed by atoms with Gasteiger partial charge < -0.3 is 18.4 Å². The minimum absolute atomic E-state index is 0.606. The topological polar surface area (TPSA) is 47.9 Å². The predicted molar refractivity (Wildman–Crippen MR) is 52.5 cm³/mol. The van der Waals surface area contributed by atoms with Gasteiger partial charge in [0.25, 0.3) is 0 Å². The molecule has 13 heavy (non-hydrogen) atoms. The summed E-state index contributed by atoms with van der Waals surface area (Å²) >= 11 is 0. The summed E-state index contributed by atoms with van der Waals surface area (Å²) in [7, 11) is 2.23. The molecule has 0 spiro atoms. The molecule has 0 amide bonds. The molecule has 0 atom stereocenters. The van der Waals surface area contributed by atoms with E-state index in [1.807, 2.05) is 0 Å². The summed E-state index contributed by atoms with van der Waals surface area (Å²) in [4.78, 5) is 0. The SMILES string of the molecule is CO[Si](CCC(C)(C)O)(OC)OC. The third-order valence-corrected chi connectivity index (χ3v) is 4.70. The maximum Gasteiger partial charge on any atom is 0.500 e. The van der Waals surface area contributed by atoms with Crippen LogP contribution in [0.5, 0.6) is 0 Å². The van der Waals surface area contributed by atoms with Crippen LogP contribution in [0.4, 0.5) is 0 Å². The van der Waals surface area contributed by atoms with Crippen molar-refractivity contribution in [2.75, 3.05) is 21.3 Å². The van der Waals surface area contributed by atoms with Crippen LogP contribution in [0.2, 0.25) is 6.04 Å². The summed E-state index contributed by atoms with van der Waals surface area (Å²) in [5, 5.41) is 9.52. The van der Waals surface area contributed by atoms with Crippen LogP contribution in [-0.2, 0) is 13.3 Å². The Morgan fingerprint density at radius 1 is 1.08 bits per heavy atom. The quantitative estimate of drug-likeness (QED) is 0.662. The summed E-state index contributed by atoms with van der Waals surface area (Å²) < 4.78 is 15.6. The van der Waals surface area contributed by atoms with E-state index in [0.717, 1.165) is 0 Å². The Morgan fingerprint density at radius 3 is 1.69 bits per heavy atom. The van der Waals surface area contributed by atoms with Crippen LogP contribution in [-0.4, -0.2) is 40.8 Å². The largest absolute Gasteiger partial charge is 0.500 e. The van der Waals surface area contributed by atoms with Gasteiger partial charge in [0.2, 0.25) is 0 Å². The molecule has 0 radical (unpaired) electrons. The molecule has 0 heterocycles. The second kappa shape index (κ2) is 5.07. The van der Waals surface area contributed by atoms with Crippen molar-refractivity contribution in [2.45, 2.75) is 31.9 Å². The third kappa shape index (κ3) is 4.73. The number of hydrogen-bond donors (Lipinski definition) is 1. The molecule has 0 unspecified atom stereocenters. The molecule has 80 valence electrons. The van der Waals surface area contributed by atoms with Crippen LogP contribution < -0.4 is 0 Å². The average Bonchev–Trinajstić information content (AvgIpc) is 2.06. The van der Waals surface area contributed by atoms with Crippen molar-refractivity contribution in [1.82, 2.24) is 0 Å². The van der Waals surface area contributed by atoms with Crippen molar-refractivity contribution in [3.8, 4) is 0 Å². The van der Waals surface area contributed by atoms with E-state index in [1.54, 1.807) is 35.2 Å². The van der Waals surface area contributed by atoms with E-state index in [4.69, 9.17) is 13.3 Å². The smallest absolute Gasteiger partial charge is 0.390 e. The Balaban J connectivity index is 4.11. The highest BCUT2D eigenvalue weighted by atomic mass is 28.4. The molecule has 0 aliphatic carbocycles. The average molecular weight is 208 g/mol. The van der Waals surface area contributed by atoms with Gasteiger partial charge in [-0.1, -0.05) is 0 Å². The molecule has 0 rings (SSSR count). The Morgan fingerprint density at radius 2 is 1.46 bits per heavy atom. The normalized spacial score (nSPS) is 13.4. The van der Waals surface area contributed by atoms with Crippen LogP contribution in [0.3, 0.4) is 0 Å². The molecule has 0 aromatic heterocycles. The monoisotopic (exact) mass is 208 g/mol. The first-order valence-corrected chi connectivity index (χ1v) is 6.20. The molecule has 0 bridgehead atoms. The zero-order chi connectivity index (χ0) is 10.5. The summed E-state index contributed by atoms with van der Waals surface area (Å²) in [6.45, 7) is 3.51. The lowest BCUT2D eigenvalue weighted by atomic mass is 10.1. The second-order valence-electron chi connectivity index (χ2n) is 3.61. The number of rotatable bonds is 6. The zero-order valence-corrected chi connectivity index (χ0v) is 10.1. The highest BCUT2D eigenvalue weighted by molar-refractivity contribution is 6.60. The van der Waals surface area contributed by atoms with Gasteiger partial charge in [0.1, 0.15) is 0 Å². The van der Waals surface area contributed by atoms with Crippen molar-refractivity contribution < 1.29 is 18.4 Å². The van der Waals surface area contributed by atoms with Gasteiger partial charge in [-0.15, -0.1) is 0 Å². The van der Waals surface area contributed by atoms with Crippen molar-refractivity contribution >= 4 is 8.80 Å². The van der Waals surface area contributed by atoms with E-state index < -0.39 is 14.4 Å². The molecule has 4 nitrogen and oxygen atoms in total. The molecular formula is C8H20O4Si. The Labute approximate surface area is 81.2 Å². The summed E-state index contributed by atoms with van der Waals surface area (Å²) in [5.74, 6) is 0. The van der Waals surface area contributed by atoms with Gasteiger partial charge in [-0.3, -0.25) is 0 Å². The first kappa shape index (κ1) is 13.1. The van der Waals surface area contributed by atoms with Gasteiger partial charge in [0.15, 0.2) is 0 Å². The Bertz CT molecular complexity index is 131. The van der Waals surface area contributed by atoms with Gasteiger partial charge in [-0.05, 0) is 20.3 Å². The lowest BCUT2D eigenvalue weighted by Gasteiger charge is -2.27. The van der Waals surface area contributed by atoms with Gasteiger partial charge in [0.05, 0.1) is 5.60 Å². The van der Waals surface area contributed by atoms with Gasteiger partial charge in [0, 0.05) is 27.4 Å². The van der Waals surface area contributed by atoms with Gasteiger partial charge in [-0.2, -0.15) is 0 Å². The van der Waals surface area contributed by atoms with Crippen LogP contribution >= 0.6 is 0 Å². The Hall–Kier alpha value is 0.0569. The summed E-state index contributed by atoms with van der Waals surface area (Å²) in [6.07, 6.45) is 0.606. The number of aliphatic hydroxyl groups is 1. The fraction of sp³-hybridized carbons (Fsp3) is 1.00. The van der Waals surface area contributed by atoms with E-state index in [9.17, 15) is 5.11 Å². The molecule has 0 saturated carbocycles. The van der Waals surface area contributed by atoms with E-state index in [1.165, 1.54) is 0 Å². The van der Waals surface area contributed by atoms with E-state index in [2.05, 4.69) is 0 Å². The predicted octanol–water partition coefficient (Wildman–Crippen LogP) is 1.03. The van der Waals surface area contributed by atoms with Crippen molar-refractivity contribution in [3.05, 3.63) is 0 Å². The first-order chi connectivity index (χ1) is 5.89. The molecular weight excluding hydrogens is 188 g/mol. The zero-order valence-electron chi connectivity index (χ0n) is 9.09. The molecule has 0 aliphatic rings. The Kier molecular flexibility index (Phi) is 5.09. The first-order valence-electron chi connectivity index (χ1n) is 4.27. The van der Waals surface area contributed by atoms with Crippen LogP contribution in [0.15, 0.2) is 0 Å². The number of hydrogen-bond acceptors (Lipinski definition) is 4. The maximum atomic E-state index is 9.52. The standard InChI is InChI=1S/C8H20O4Si/c1-8(2,9)6-7-13(10-3,11-4)12-5/h9H,6-7H2,1-5H3. The second-order valence-corrected chi connectivity index (χ2v) is 6.70. The molecule has 0 aromatic rings. The minimum Gasteiger partial charge on any atom is -0.390 e. The maximum absolute atomic E-state index is 9.52. The summed E-state index contributed by atoms with van der Waals surface area (Å²) in [5.41, 5.74) is -0.701. The molecule has 0 fully saturated rings. The van der Waals surface area contributed by atoms with Gasteiger partial charge >= 0.3 is 8.80 Å². The van der Waals surface area contributed by atoms with E-state index in [-0.39, 0.29) is 0 Å². The van der Waals surface area contributed by atoms with Crippen LogP contribution in [0.1, 0.15) is 20.3 Å². The van der Waals surface area contributed by atoms with E-state index >= 15 is 0 Å². The van der Waals surface area contributed by atoms with Crippen molar-refractivity contribution in [3.63, 3.8) is 0 Å². The summed E-state index contributed by atoms with van der Waals surface area (Å²) in [6, 6.07) is 0.625. The third-order valence-electron chi connectivity index (χ3n) is 1.98. The molecule has 0 aliphatic heterocycles. The molecule has 1 N–H and O–H groups in total. The highest BCUT2D eigenvalue weighted by Gasteiger charge is 2.38. The molecule has 5 heteroatoms. The lowest BCUT2D eigenvalue weighted by Crippen LogP contribution is -2.44. The fourth-order valence-corrected chi connectivity index (χ4v) is 3.05. The van der Waals surface area contributed by atoms with E-state index in [0.29, 0.717) is 12.5 Å². The van der Waals surface area contributed by atoms with Crippen LogP contribution in [0.25, 0.3) is 0 Å². The lowest BCUT2D eigenvalue weighted by molar-refractivity contribution is 0.0624. The molecule has 0 aromatic carbocycles. The van der Waals surface area contributed by atoms with Crippen molar-refractivity contribution in [1.29, 1.82) is 0 Å². The highest BCUT2D eigenvalue weighted by Crippen LogP contribution is 2.20. The molecule has 0 saturated heterocycles. The van der Waals surface area contributed by atoms with Crippen LogP contribution in [0, 0.1) is 0 Å². The van der Waals surface area contributed by atoms with Gasteiger partial charge in [-0.25, -0.2) is 0 Å². The fourth-order valence-electron chi connectivity index (χ4n) is 1.02. The van der Waals surface area contributed by atoms with Crippen molar-refractivity contribution in [2.24, 2.45) is 0 Å². The minimum atomic E-state index is -2.49.